The lowest BCUT2D eigenvalue weighted by Gasteiger charge is -2.35. The number of hydrogen-bond donors (Lipinski definition) is 2. The van der Waals surface area contributed by atoms with E-state index in [0.717, 1.165) is 51.1 Å². The van der Waals surface area contributed by atoms with Gasteiger partial charge >= 0.3 is 0 Å². The minimum atomic E-state index is 0. The third-order valence-corrected chi connectivity index (χ3v) is 5.75. The fourth-order valence-corrected chi connectivity index (χ4v) is 3.88. The summed E-state index contributed by atoms with van der Waals surface area (Å²) in [6, 6.07) is 8.66. The van der Waals surface area contributed by atoms with Gasteiger partial charge in [-0.3, -0.25) is 9.89 Å². The number of unbranched alkanes of at least 4 members (excludes halogenated alkanes) is 4. The standard InChI is InChI=1S/C24H43N5O2.HI/c1-25-24(26-14-8-6-5-7-9-15-28(2)3)27-20-23(29-16-18-31-19-17-29)21-10-12-22(30-4)13-11-21;/h10-13,23H,5-9,14-20H2,1-4H3,(H2,25,26,27);1H. The maximum absolute atomic E-state index is 5.56. The third-order valence-electron chi connectivity index (χ3n) is 5.75. The van der Waals surface area contributed by atoms with E-state index >= 15 is 0 Å². The van der Waals surface area contributed by atoms with Crippen molar-refractivity contribution in [2.75, 3.05) is 74.2 Å². The van der Waals surface area contributed by atoms with Crippen LogP contribution in [0.1, 0.15) is 43.7 Å². The van der Waals surface area contributed by atoms with Crippen LogP contribution in [0.25, 0.3) is 0 Å². The fourth-order valence-electron chi connectivity index (χ4n) is 3.88. The molecule has 1 heterocycles. The highest BCUT2D eigenvalue weighted by Gasteiger charge is 2.23. The summed E-state index contributed by atoms with van der Waals surface area (Å²) in [5.74, 6) is 1.76. The molecule has 1 aromatic carbocycles. The van der Waals surface area contributed by atoms with Crippen molar-refractivity contribution < 1.29 is 9.47 Å². The molecular formula is C24H44IN5O2. The van der Waals surface area contributed by atoms with Gasteiger partial charge in [-0.15, -0.1) is 24.0 Å². The van der Waals surface area contributed by atoms with Gasteiger partial charge in [-0.2, -0.15) is 0 Å². The number of ether oxygens (including phenoxy) is 2. The van der Waals surface area contributed by atoms with Crippen LogP contribution in [0.2, 0.25) is 0 Å². The van der Waals surface area contributed by atoms with E-state index in [1.807, 2.05) is 19.2 Å². The average molecular weight is 562 g/mol. The number of aliphatic imine (C=N–C) groups is 1. The van der Waals surface area contributed by atoms with E-state index in [2.05, 4.69) is 51.7 Å². The Morgan fingerprint density at radius 1 is 1.06 bits per heavy atom. The summed E-state index contributed by atoms with van der Waals surface area (Å²) in [6.45, 7) is 6.40. The zero-order valence-corrected chi connectivity index (χ0v) is 22.8. The number of hydrogen-bond acceptors (Lipinski definition) is 5. The first-order valence-corrected chi connectivity index (χ1v) is 11.7. The van der Waals surface area contributed by atoms with E-state index in [4.69, 9.17) is 9.47 Å². The molecule has 0 radical (unpaired) electrons. The molecule has 8 heteroatoms. The molecule has 0 aliphatic carbocycles. The molecule has 184 valence electrons. The van der Waals surface area contributed by atoms with Crippen molar-refractivity contribution >= 4 is 29.9 Å². The molecule has 0 aromatic heterocycles. The molecule has 1 fully saturated rings. The molecule has 1 aliphatic rings. The van der Waals surface area contributed by atoms with Crippen LogP contribution < -0.4 is 15.4 Å². The fraction of sp³-hybridized carbons (Fsp3) is 0.708. The number of nitrogens with zero attached hydrogens (tertiary/aromatic N) is 3. The van der Waals surface area contributed by atoms with Gasteiger partial charge in [0.1, 0.15) is 5.75 Å². The zero-order valence-electron chi connectivity index (χ0n) is 20.4. The molecule has 1 aliphatic heterocycles. The summed E-state index contributed by atoms with van der Waals surface area (Å²) < 4.78 is 10.9. The number of rotatable bonds is 13. The molecular weight excluding hydrogens is 517 g/mol. The van der Waals surface area contributed by atoms with E-state index in [1.54, 1.807) is 7.11 Å². The second-order valence-corrected chi connectivity index (χ2v) is 8.39. The Bertz CT molecular complexity index is 621. The average Bonchev–Trinajstić information content (AvgIpc) is 2.80. The zero-order chi connectivity index (χ0) is 22.3. The molecule has 0 spiro atoms. The van der Waals surface area contributed by atoms with Crippen molar-refractivity contribution in [3.05, 3.63) is 29.8 Å². The van der Waals surface area contributed by atoms with Crippen LogP contribution in [-0.2, 0) is 4.74 Å². The number of nitrogens with one attached hydrogen (secondary N) is 2. The lowest BCUT2D eigenvalue weighted by Crippen LogP contribution is -2.46. The van der Waals surface area contributed by atoms with Crippen molar-refractivity contribution in [1.82, 2.24) is 20.4 Å². The molecule has 1 saturated heterocycles. The van der Waals surface area contributed by atoms with Gasteiger partial charge in [-0.25, -0.2) is 0 Å². The summed E-state index contributed by atoms with van der Waals surface area (Å²) in [4.78, 5) is 9.16. The highest BCUT2D eigenvalue weighted by atomic mass is 127. The summed E-state index contributed by atoms with van der Waals surface area (Å²) in [7, 11) is 7.82. The molecule has 0 saturated carbocycles. The highest BCUT2D eigenvalue weighted by Crippen LogP contribution is 2.23. The first-order valence-electron chi connectivity index (χ1n) is 11.7. The summed E-state index contributed by atoms with van der Waals surface area (Å²) in [5.41, 5.74) is 1.28. The quantitative estimate of drug-likeness (QED) is 0.167. The Hall–Kier alpha value is -1.10. The van der Waals surface area contributed by atoms with Crippen molar-refractivity contribution in [3.8, 4) is 5.75 Å². The van der Waals surface area contributed by atoms with Crippen LogP contribution in [-0.4, -0.2) is 89.9 Å². The van der Waals surface area contributed by atoms with Crippen LogP contribution in [0, 0.1) is 0 Å². The summed E-state index contributed by atoms with van der Waals surface area (Å²) >= 11 is 0. The van der Waals surface area contributed by atoms with E-state index in [9.17, 15) is 0 Å². The van der Waals surface area contributed by atoms with Gasteiger partial charge < -0.3 is 25.0 Å². The van der Waals surface area contributed by atoms with E-state index in [1.165, 1.54) is 44.2 Å². The summed E-state index contributed by atoms with van der Waals surface area (Å²) in [5, 5.41) is 7.01. The van der Waals surface area contributed by atoms with Crippen molar-refractivity contribution in [2.45, 2.75) is 38.1 Å². The van der Waals surface area contributed by atoms with Crippen LogP contribution in [0.15, 0.2) is 29.3 Å². The Balaban J connectivity index is 0.00000512. The van der Waals surface area contributed by atoms with Crippen LogP contribution in [0.5, 0.6) is 5.75 Å². The first kappa shape index (κ1) is 28.9. The Morgan fingerprint density at radius 2 is 1.72 bits per heavy atom. The molecule has 1 unspecified atom stereocenters. The van der Waals surface area contributed by atoms with Crippen LogP contribution in [0.3, 0.4) is 0 Å². The van der Waals surface area contributed by atoms with E-state index in [0.29, 0.717) is 0 Å². The van der Waals surface area contributed by atoms with Gasteiger partial charge in [0.15, 0.2) is 5.96 Å². The molecule has 2 N–H and O–H groups in total. The van der Waals surface area contributed by atoms with Gasteiger partial charge in [0, 0.05) is 33.2 Å². The van der Waals surface area contributed by atoms with Crippen LogP contribution in [0.4, 0.5) is 0 Å². The number of morpholine rings is 1. The largest absolute Gasteiger partial charge is 0.497 e. The minimum Gasteiger partial charge on any atom is -0.497 e. The van der Waals surface area contributed by atoms with Gasteiger partial charge in [-0.05, 0) is 51.2 Å². The molecule has 0 amide bonds. The number of guanidine groups is 1. The molecule has 32 heavy (non-hydrogen) atoms. The molecule has 1 aromatic rings. The summed E-state index contributed by atoms with van der Waals surface area (Å²) in [6.07, 6.45) is 6.35. The second-order valence-electron chi connectivity index (χ2n) is 8.39. The Labute approximate surface area is 212 Å². The second kappa shape index (κ2) is 17.4. The SMILES string of the molecule is CN=C(NCCCCCCCN(C)C)NCC(c1ccc(OC)cc1)N1CCOCC1.I. The number of halogens is 1. The van der Waals surface area contributed by atoms with Crippen molar-refractivity contribution in [2.24, 2.45) is 4.99 Å². The van der Waals surface area contributed by atoms with Gasteiger partial charge in [0.05, 0.1) is 26.4 Å². The Morgan fingerprint density at radius 3 is 2.34 bits per heavy atom. The van der Waals surface area contributed by atoms with Gasteiger partial charge in [0.25, 0.3) is 0 Å². The molecule has 0 bridgehead atoms. The van der Waals surface area contributed by atoms with Gasteiger partial charge in [-0.1, -0.05) is 31.4 Å². The molecule has 7 nitrogen and oxygen atoms in total. The normalized spacial score (nSPS) is 15.8. The monoisotopic (exact) mass is 561 g/mol. The van der Waals surface area contributed by atoms with Crippen LogP contribution >= 0.6 is 24.0 Å². The molecule has 1 atom stereocenters. The smallest absolute Gasteiger partial charge is 0.191 e. The number of methoxy groups -OCH3 is 1. The highest BCUT2D eigenvalue weighted by molar-refractivity contribution is 14.0. The predicted octanol–water partition coefficient (Wildman–Crippen LogP) is 3.36. The maximum Gasteiger partial charge on any atom is 0.191 e. The first-order chi connectivity index (χ1) is 15.1. The topological polar surface area (TPSA) is 61.4 Å². The lowest BCUT2D eigenvalue weighted by molar-refractivity contribution is 0.0170. The third kappa shape index (κ3) is 11.2. The van der Waals surface area contributed by atoms with Crippen molar-refractivity contribution in [3.63, 3.8) is 0 Å². The number of benzene rings is 1. The predicted molar refractivity (Wildman–Crippen MR) is 145 cm³/mol. The minimum absolute atomic E-state index is 0. The van der Waals surface area contributed by atoms with Crippen molar-refractivity contribution in [1.29, 1.82) is 0 Å². The Kier molecular flexibility index (Phi) is 15.7. The lowest BCUT2D eigenvalue weighted by atomic mass is 10.0. The van der Waals surface area contributed by atoms with Gasteiger partial charge in [0.2, 0.25) is 0 Å². The van der Waals surface area contributed by atoms with E-state index in [-0.39, 0.29) is 30.0 Å². The molecule has 2 rings (SSSR count). The maximum atomic E-state index is 5.56. The van der Waals surface area contributed by atoms with E-state index < -0.39 is 0 Å².